The van der Waals surface area contributed by atoms with Crippen molar-refractivity contribution in [2.24, 2.45) is 0 Å². The summed E-state index contributed by atoms with van der Waals surface area (Å²) in [6, 6.07) is 43.8. The van der Waals surface area contributed by atoms with Crippen LogP contribution in [-0.2, 0) is 9.47 Å². The quantitative estimate of drug-likeness (QED) is 0.272. The summed E-state index contributed by atoms with van der Waals surface area (Å²) in [7, 11) is -2.27. The Labute approximate surface area is 217 Å². The van der Waals surface area contributed by atoms with Gasteiger partial charge in [0.2, 0.25) is 0 Å². The summed E-state index contributed by atoms with van der Waals surface area (Å²) in [5.41, 5.74) is 0. The molecule has 1 aliphatic heterocycles. The highest BCUT2D eigenvalue weighted by Crippen LogP contribution is 2.55. The molecule has 0 saturated carbocycles. The largest absolute Gasteiger partial charge is 0.344 e. The Hall–Kier alpha value is -2.34. The van der Waals surface area contributed by atoms with Crippen molar-refractivity contribution in [3.8, 4) is 0 Å². The highest BCUT2D eigenvalue weighted by atomic mass is 31.2. The fourth-order valence-corrected chi connectivity index (χ4v) is 11.1. The highest BCUT2D eigenvalue weighted by molar-refractivity contribution is 7.89. The first-order valence-corrected chi connectivity index (χ1v) is 16.6. The summed E-state index contributed by atoms with van der Waals surface area (Å²) >= 11 is 0. The van der Waals surface area contributed by atoms with Crippen LogP contribution in [0.5, 0.6) is 0 Å². The second kappa shape index (κ2) is 11.0. The smallest absolute Gasteiger partial charge is 0.163 e. The van der Waals surface area contributed by atoms with E-state index in [9.17, 15) is 0 Å². The Bertz CT molecular complexity index is 1150. The number of hydrogen-bond acceptors (Lipinski definition) is 2. The van der Waals surface area contributed by atoms with Crippen molar-refractivity contribution in [2.75, 3.05) is 19.0 Å². The third-order valence-electron chi connectivity index (χ3n) is 6.98. The fourth-order valence-electron chi connectivity index (χ4n) is 5.21. The standard InChI is InChI=1S/C32H35O2P2/c1-32(2)33-30(24-35(26-16-8-4-9-17-26)27-18-10-5-11-19-27)31(34-32)25-36(3,28-20-12-6-13-21-28)29-22-14-7-15-23-29/h4-23,30-31H,24-25H2,1-3H3/q+1/t30-,31-/m0/s1. The van der Waals surface area contributed by atoms with E-state index in [4.69, 9.17) is 9.47 Å². The molecule has 5 rings (SSSR count). The normalized spacial score (nSPS) is 19.4. The van der Waals surface area contributed by atoms with Crippen LogP contribution in [0.2, 0.25) is 0 Å². The summed E-state index contributed by atoms with van der Waals surface area (Å²) in [6.07, 6.45) is 1.96. The molecule has 4 heteroatoms. The molecule has 0 amide bonds. The van der Waals surface area contributed by atoms with Gasteiger partial charge >= 0.3 is 0 Å². The summed E-state index contributed by atoms with van der Waals surface area (Å²) < 4.78 is 13.4. The number of ether oxygens (including phenoxy) is 2. The number of rotatable bonds is 8. The van der Waals surface area contributed by atoms with E-state index in [0.29, 0.717) is 0 Å². The van der Waals surface area contributed by atoms with Crippen molar-refractivity contribution in [1.82, 2.24) is 0 Å². The molecule has 0 N–H and O–H groups in total. The van der Waals surface area contributed by atoms with E-state index in [1.807, 2.05) is 0 Å². The summed E-state index contributed by atoms with van der Waals surface area (Å²) in [6.45, 7) is 6.59. The zero-order chi connectivity index (χ0) is 25.0. The van der Waals surface area contributed by atoms with Gasteiger partial charge in [0, 0.05) is 6.16 Å². The lowest BCUT2D eigenvalue weighted by Crippen LogP contribution is -2.36. The second-order valence-corrected chi connectivity index (χ2v) is 16.1. The lowest BCUT2D eigenvalue weighted by Gasteiger charge is -2.29. The van der Waals surface area contributed by atoms with E-state index in [1.54, 1.807) is 0 Å². The van der Waals surface area contributed by atoms with Crippen molar-refractivity contribution in [1.29, 1.82) is 0 Å². The van der Waals surface area contributed by atoms with Gasteiger partial charge in [0.1, 0.15) is 6.10 Å². The molecule has 4 aromatic carbocycles. The van der Waals surface area contributed by atoms with E-state index in [2.05, 4.69) is 142 Å². The minimum Gasteiger partial charge on any atom is -0.344 e. The predicted molar refractivity (Wildman–Crippen MR) is 158 cm³/mol. The van der Waals surface area contributed by atoms with Crippen LogP contribution >= 0.6 is 15.2 Å². The third-order valence-corrected chi connectivity index (χ3v) is 13.5. The van der Waals surface area contributed by atoms with Gasteiger partial charge in [-0.05, 0) is 56.6 Å². The molecule has 0 aromatic heterocycles. The van der Waals surface area contributed by atoms with Crippen LogP contribution in [0.1, 0.15) is 13.8 Å². The summed E-state index contributed by atoms with van der Waals surface area (Å²) in [4.78, 5) is 0. The first-order chi connectivity index (χ1) is 17.4. The molecule has 2 atom stereocenters. The summed E-state index contributed by atoms with van der Waals surface area (Å²) in [5.74, 6) is -0.595. The molecular formula is C32H35O2P2+. The highest BCUT2D eigenvalue weighted by Gasteiger charge is 2.49. The molecular weight excluding hydrogens is 478 g/mol. The van der Waals surface area contributed by atoms with Gasteiger partial charge in [-0.15, -0.1) is 0 Å². The van der Waals surface area contributed by atoms with Crippen LogP contribution in [0.4, 0.5) is 0 Å². The minimum absolute atomic E-state index is 0.0242. The molecule has 0 unspecified atom stereocenters. The predicted octanol–water partition coefficient (Wildman–Crippen LogP) is 5.94. The lowest BCUT2D eigenvalue weighted by atomic mass is 10.3. The fraction of sp³-hybridized carbons (Fsp3) is 0.250. The van der Waals surface area contributed by atoms with Crippen molar-refractivity contribution < 1.29 is 9.47 Å². The van der Waals surface area contributed by atoms with Gasteiger partial charge < -0.3 is 9.47 Å². The Kier molecular flexibility index (Phi) is 7.71. The van der Waals surface area contributed by atoms with E-state index in [0.717, 1.165) is 12.3 Å². The van der Waals surface area contributed by atoms with Crippen LogP contribution < -0.4 is 21.2 Å². The topological polar surface area (TPSA) is 18.5 Å². The second-order valence-electron chi connectivity index (χ2n) is 10.0. The molecule has 0 aliphatic carbocycles. The van der Waals surface area contributed by atoms with E-state index >= 15 is 0 Å². The van der Waals surface area contributed by atoms with Crippen molar-refractivity contribution in [2.45, 2.75) is 31.8 Å². The third kappa shape index (κ3) is 5.64. The van der Waals surface area contributed by atoms with Crippen molar-refractivity contribution >= 4 is 36.4 Å². The Morgan fingerprint density at radius 1 is 0.611 bits per heavy atom. The maximum absolute atomic E-state index is 6.69. The Balaban J connectivity index is 1.50. The van der Waals surface area contributed by atoms with Crippen LogP contribution in [-0.4, -0.2) is 37.0 Å². The summed E-state index contributed by atoms with van der Waals surface area (Å²) in [5, 5.41) is 5.59. The van der Waals surface area contributed by atoms with Gasteiger partial charge in [-0.1, -0.05) is 97.1 Å². The van der Waals surface area contributed by atoms with Crippen LogP contribution in [0.25, 0.3) is 0 Å². The molecule has 2 nitrogen and oxygen atoms in total. The SMILES string of the molecule is CC1(C)O[C@@H](CP(c2ccccc2)c2ccccc2)[C@H](C[P+](C)(c2ccccc2)c2ccccc2)O1. The van der Waals surface area contributed by atoms with Gasteiger partial charge in [-0.3, -0.25) is 0 Å². The lowest BCUT2D eigenvalue weighted by molar-refractivity contribution is -0.142. The number of hydrogen-bond donors (Lipinski definition) is 0. The molecule has 0 spiro atoms. The molecule has 1 aliphatic rings. The zero-order valence-electron chi connectivity index (χ0n) is 21.3. The van der Waals surface area contributed by atoms with E-state index in [1.165, 1.54) is 21.2 Å². The number of benzene rings is 4. The van der Waals surface area contributed by atoms with Crippen molar-refractivity contribution in [3.63, 3.8) is 0 Å². The van der Waals surface area contributed by atoms with Crippen LogP contribution in [0.15, 0.2) is 121 Å². The molecule has 1 heterocycles. The van der Waals surface area contributed by atoms with Crippen LogP contribution in [0.3, 0.4) is 0 Å². The van der Waals surface area contributed by atoms with E-state index in [-0.39, 0.29) is 12.2 Å². The van der Waals surface area contributed by atoms with Gasteiger partial charge in [0.15, 0.2) is 5.79 Å². The Morgan fingerprint density at radius 3 is 1.44 bits per heavy atom. The van der Waals surface area contributed by atoms with Crippen LogP contribution in [0, 0.1) is 0 Å². The maximum atomic E-state index is 6.69. The minimum atomic E-state index is -1.70. The van der Waals surface area contributed by atoms with E-state index < -0.39 is 21.0 Å². The van der Waals surface area contributed by atoms with Gasteiger partial charge in [0.05, 0.1) is 36.8 Å². The van der Waals surface area contributed by atoms with Gasteiger partial charge in [-0.2, -0.15) is 0 Å². The zero-order valence-corrected chi connectivity index (χ0v) is 23.1. The first-order valence-electron chi connectivity index (χ1n) is 12.6. The molecule has 0 radical (unpaired) electrons. The van der Waals surface area contributed by atoms with Crippen molar-refractivity contribution in [3.05, 3.63) is 121 Å². The van der Waals surface area contributed by atoms with Gasteiger partial charge in [0.25, 0.3) is 0 Å². The molecule has 1 saturated heterocycles. The molecule has 36 heavy (non-hydrogen) atoms. The molecule has 1 fully saturated rings. The monoisotopic (exact) mass is 513 g/mol. The molecule has 184 valence electrons. The maximum Gasteiger partial charge on any atom is 0.163 e. The molecule has 4 aromatic rings. The Morgan fingerprint density at radius 2 is 1.00 bits per heavy atom. The average Bonchev–Trinajstić information content (AvgIpc) is 3.21. The first kappa shape index (κ1) is 25.3. The average molecular weight is 514 g/mol. The molecule has 0 bridgehead atoms. The van der Waals surface area contributed by atoms with Gasteiger partial charge in [-0.25, -0.2) is 0 Å².